The largest absolute Gasteiger partial charge is 0.493 e. The van der Waals surface area contributed by atoms with Gasteiger partial charge in [0.25, 0.3) is 0 Å². The Balaban J connectivity index is 2.18. The van der Waals surface area contributed by atoms with Gasteiger partial charge in [-0.15, -0.1) is 0 Å². The molecule has 0 spiro atoms. The van der Waals surface area contributed by atoms with Crippen LogP contribution < -0.4 is 19.6 Å². The molecule has 0 atom stereocenters. The molecule has 2 aromatic carbocycles. The lowest BCUT2D eigenvalue weighted by Gasteiger charge is -2.15. The van der Waals surface area contributed by atoms with Crippen LogP contribution >= 0.6 is 0 Å². The van der Waals surface area contributed by atoms with Crippen molar-refractivity contribution in [2.75, 3.05) is 27.4 Å². The number of benzene rings is 2. The van der Waals surface area contributed by atoms with Crippen molar-refractivity contribution in [3.63, 3.8) is 0 Å². The molecular weight excluding hydrogens is 308 g/mol. The summed E-state index contributed by atoms with van der Waals surface area (Å²) in [6.45, 7) is 0.832. The number of aliphatic hydroxyl groups is 1. The number of ether oxygens (including phenoxy) is 3. The average molecular weight is 330 g/mol. The maximum atomic E-state index is 8.72. The summed E-state index contributed by atoms with van der Waals surface area (Å²) in [7, 11) is 3.16. The predicted octanol–water partition coefficient (Wildman–Crippen LogP) is 2.20. The van der Waals surface area contributed by atoms with Crippen LogP contribution in [-0.2, 0) is 6.61 Å². The first-order valence-corrected chi connectivity index (χ1v) is 7.58. The van der Waals surface area contributed by atoms with E-state index in [1.165, 1.54) is 0 Å². The lowest BCUT2D eigenvalue weighted by molar-refractivity contribution is 0.266. The third-order valence-electron chi connectivity index (χ3n) is 3.24. The number of hydrogen-bond donors (Lipinski definition) is 2. The van der Waals surface area contributed by atoms with Gasteiger partial charge in [-0.1, -0.05) is 30.3 Å². The summed E-state index contributed by atoms with van der Waals surface area (Å²) in [5.41, 5.74) is 4.58. The van der Waals surface area contributed by atoms with E-state index in [0.29, 0.717) is 30.4 Å². The average Bonchev–Trinajstić information content (AvgIpc) is 2.64. The number of hydrogen-bond acceptors (Lipinski definition) is 6. The molecule has 0 aliphatic carbocycles. The second-order valence-electron chi connectivity index (χ2n) is 4.92. The molecule has 6 heteroatoms. The van der Waals surface area contributed by atoms with E-state index in [1.54, 1.807) is 20.4 Å². The molecule has 0 saturated heterocycles. The quantitative estimate of drug-likeness (QED) is 0.419. The van der Waals surface area contributed by atoms with Crippen LogP contribution in [-0.4, -0.2) is 38.7 Å². The van der Waals surface area contributed by atoms with E-state index in [-0.39, 0.29) is 6.61 Å². The Labute approximate surface area is 141 Å². The van der Waals surface area contributed by atoms with Crippen molar-refractivity contribution < 1.29 is 19.3 Å². The summed E-state index contributed by atoms with van der Waals surface area (Å²) in [4.78, 5) is 0. The summed E-state index contributed by atoms with van der Waals surface area (Å²) < 4.78 is 16.7. The van der Waals surface area contributed by atoms with Crippen LogP contribution in [0.4, 0.5) is 0 Å². The minimum absolute atomic E-state index is 0.0241. The van der Waals surface area contributed by atoms with Gasteiger partial charge in [0.2, 0.25) is 5.75 Å². The van der Waals surface area contributed by atoms with Gasteiger partial charge in [-0.3, -0.25) is 0 Å². The van der Waals surface area contributed by atoms with Crippen molar-refractivity contribution >= 4 is 6.21 Å². The van der Waals surface area contributed by atoms with Gasteiger partial charge in [-0.2, -0.15) is 5.10 Å². The van der Waals surface area contributed by atoms with Crippen LogP contribution in [0.1, 0.15) is 11.1 Å². The maximum Gasteiger partial charge on any atom is 0.203 e. The molecule has 24 heavy (non-hydrogen) atoms. The Morgan fingerprint density at radius 2 is 1.75 bits per heavy atom. The van der Waals surface area contributed by atoms with Gasteiger partial charge < -0.3 is 24.7 Å². The molecular formula is C18H22N2O4. The molecule has 0 aliphatic rings. The van der Waals surface area contributed by atoms with Crippen molar-refractivity contribution in [3.8, 4) is 17.2 Å². The number of methoxy groups -OCH3 is 2. The van der Waals surface area contributed by atoms with Crippen LogP contribution in [0.2, 0.25) is 0 Å². The van der Waals surface area contributed by atoms with Gasteiger partial charge in [-0.25, -0.2) is 0 Å². The standard InChI is InChI=1S/C18H22N2O4/c1-22-16-10-15(12-20-19-8-9-21)11-17(23-2)18(16)24-13-14-6-4-3-5-7-14/h3-7,10-12,19,21H,8-9,13H2,1-2H3. The van der Waals surface area contributed by atoms with Crippen LogP contribution in [0.3, 0.4) is 0 Å². The van der Waals surface area contributed by atoms with Gasteiger partial charge in [-0.05, 0) is 17.7 Å². The third-order valence-corrected chi connectivity index (χ3v) is 3.24. The molecule has 0 radical (unpaired) electrons. The monoisotopic (exact) mass is 330 g/mol. The SMILES string of the molecule is COc1cc(C=NNCCO)cc(OC)c1OCc1ccccc1. The summed E-state index contributed by atoms with van der Waals surface area (Å²) in [6.07, 6.45) is 1.63. The molecule has 2 aromatic rings. The highest BCUT2D eigenvalue weighted by Gasteiger charge is 2.14. The molecule has 0 fully saturated rings. The molecule has 0 heterocycles. The van der Waals surface area contributed by atoms with Crippen LogP contribution in [0.25, 0.3) is 0 Å². The molecule has 0 saturated carbocycles. The lowest BCUT2D eigenvalue weighted by Crippen LogP contribution is -2.11. The number of nitrogens with one attached hydrogen (secondary N) is 1. The van der Waals surface area contributed by atoms with Crippen LogP contribution in [0, 0.1) is 0 Å². The van der Waals surface area contributed by atoms with E-state index in [0.717, 1.165) is 11.1 Å². The zero-order valence-electron chi connectivity index (χ0n) is 13.9. The van der Waals surface area contributed by atoms with Crippen molar-refractivity contribution in [2.24, 2.45) is 5.10 Å². The minimum atomic E-state index is 0.0241. The minimum Gasteiger partial charge on any atom is -0.493 e. The Hall–Kier alpha value is -2.73. The Morgan fingerprint density at radius 1 is 1.08 bits per heavy atom. The first-order valence-electron chi connectivity index (χ1n) is 7.58. The second-order valence-corrected chi connectivity index (χ2v) is 4.92. The lowest BCUT2D eigenvalue weighted by atomic mass is 10.2. The van der Waals surface area contributed by atoms with Crippen molar-refractivity contribution in [3.05, 3.63) is 53.6 Å². The van der Waals surface area contributed by atoms with Crippen molar-refractivity contribution in [1.29, 1.82) is 0 Å². The Kier molecular flexibility index (Phi) is 6.91. The smallest absolute Gasteiger partial charge is 0.203 e. The van der Waals surface area contributed by atoms with Gasteiger partial charge in [0.15, 0.2) is 11.5 Å². The summed E-state index contributed by atoms with van der Waals surface area (Å²) in [5, 5.41) is 12.7. The zero-order chi connectivity index (χ0) is 17.2. The highest BCUT2D eigenvalue weighted by molar-refractivity contribution is 5.82. The molecule has 2 N–H and O–H groups in total. The van der Waals surface area contributed by atoms with Crippen molar-refractivity contribution in [2.45, 2.75) is 6.61 Å². The molecule has 6 nitrogen and oxygen atoms in total. The molecule has 0 amide bonds. The molecule has 2 rings (SSSR count). The fourth-order valence-corrected chi connectivity index (χ4v) is 2.08. The van der Waals surface area contributed by atoms with E-state index >= 15 is 0 Å². The van der Waals surface area contributed by atoms with Crippen LogP contribution in [0.15, 0.2) is 47.6 Å². The molecule has 0 aliphatic heterocycles. The highest BCUT2D eigenvalue weighted by Crippen LogP contribution is 2.38. The Bertz CT molecular complexity index is 634. The number of aliphatic hydroxyl groups excluding tert-OH is 1. The van der Waals surface area contributed by atoms with E-state index in [9.17, 15) is 0 Å². The third kappa shape index (κ3) is 4.89. The predicted molar refractivity (Wildman–Crippen MR) is 93.0 cm³/mol. The fraction of sp³-hybridized carbons (Fsp3) is 0.278. The van der Waals surface area contributed by atoms with Gasteiger partial charge in [0.05, 0.1) is 33.6 Å². The summed E-state index contributed by atoms with van der Waals surface area (Å²) in [6, 6.07) is 13.5. The molecule has 0 aromatic heterocycles. The first-order chi connectivity index (χ1) is 11.8. The zero-order valence-corrected chi connectivity index (χ0v) is 13.9. The first kappa shape index (κ1) is 17.6. The number of rotatable bonds is 9. The van der Waals surface area contributed by atoms with Gasteiger partial charge in [0, 0.05) is 5.56 Å². The van der Waals surface area contributed by atoms with Gasteiger partial charge in [0.1, 0.15) is 6.61 Å². The van der Waals surface area contributed by atoms with E-state index < -0.39 is 0 Å². The molecule has 0 bridgehead atoms. The highest BCUT2D eigenvalue weighted by atomic mass is 16.5. The van der Waals surface area contributed by atoms with Crippen LogP contribution in [0.5, 0.6) is 17.2 Å². The Morgan fingerprint density at radius 3 is 2.33 bits per heavy atom. The summed E-state index contributed by atoms with van der Waals surface area (Å²) in [5.74, 6) is 1.67. The van der Waals surface area contributed by atoms with E-state index in [1.807, 2.05) is 42.5 Å². The molecule has 128 valence electrons. The number of hydrazone groups is 1. The normalized spacial score (nSPS) is 10.6. The maximum absolute atomic E-state index is 8.72. The van der Waals surface area contributed by atoms with E-state index in [4.69, 9.17) is 19.3 Å². The fourth-order valence-electron chi connectivity index (χ4n) is 2.08. The second kappa shape index (κ2) is 9.42. The summed E-state index contributed by atoms with van der Waals surface area (Å²) >= 11 is 0. The number of nitrogens with zero attached hydrogens (tertiary/aromatic N) is 1. The van der Waals surface area contributed by atoms with Crippen molar-refractivity contribution in [1.82, 2.24) is 5.43 Å². The topological polar surface area (TPSA) is 72.3 Å². The van der Waals surface area contributed by atoms with Gasteiger partial charge >= 0.3 is 0 Å². The molecule has 0 unspecified atom stereocenters. The van der Waals surface area contributed by atoms with E-state index in [2.05, 4.69) is 10.5 Å².